The number of nitrogens with one attached hydrogen (secondary N) is 1. The zero-order chi connectivity index (χ0) is 18.0. The molecule has 0 unspecified atom stereocenters. The Morgan fingerprint density at radius 1 is 1.28 bits per heavy atom. The number of amides is 1. The van der Waals surface area contributed by atoms with Crippen LogP contribution in [0.15, 0.2) is 29.6 Å². The van der Waals surface area contributed by atoms with Gasteiger partial charge in [0.15, 0.2) is 5.13 Å². The summed E-state index contributed by atoms with van der Waals surface area (Å²) in [6.07, 6.45) is 2.17. The van der Waals surface area contributed by atoms with Crippen molar-refractivity contribution in [2.75, 3.05) is 24.7 Å². The lowest BCUT2D eigenvalue weighted by molar-refractivity contribution is -0.120. The number of halogens is 1. The lowest BCUT2D eigenvalue weighted by Gasteiger charge is -2.29. The van der Waals surface area contributed by atoms with Gasteiger partial charge in [-0.15, -0.1) is 11.3 Å². The van der Waals surface area contributed by atoms with Gasteiger partial charge < -0.3 is 5.32 Å². The van der Waals surface area contributed by atoms with Gasteiger partial charge in [0.1, 0.15) is 5.82 Å². The van der Waals surface area contributed by atoms with E-state index in [4.69, 9.17) is 0 Å². The summed E-state index contributed by atoms with van der Waals surface area (Å²) < 4.78 is 37.4. The first-order valence-electron chi connectivity index (χ1n) is 7.80. The number of hydrogen-bond acceptors (Lipinski definition) is 5. The van der Waals surface area contributed by atoms with Crippen molar-refractivity contribution in [1.29, 1.82) is 0 Å². The number of aromatic nitrogens is 1. The Balaban J connectivity index is 1.60. The van der Waals surface area contributed by atoms with Gasteiger partial charge in [-0.1, -0.05) is 0 Å². The SMILES string of the molecule is CS(=O)(=O)N1CCC(C(=O)Nc2nc(-c3ccc(F)cc3)cs2)CC1. The maximum absolute atomic E-state index is 13.0. The summed E-state index contributed by atoms with van der Waals surface area (Å²) in [5.41, 5.74) is 1.45. The number of sulfonamides is 1. The van der Waals surface area contributed by atoms with Crippen molar-refractivity contribution >= 4 is 32.4 Å². The Bertz CT molecular complexity index is 857. The Kier molecular flexibility index (Phi) is 5.16. The number of carbonyl (C=O) groups is 1. The first-order valence-corrected chi connectivity index (χ1v) is 10.5. The van der Waals surface area contributed by atoms with E-state index in [2.05, 4.69) is 10.3 Å². The minimum absolute atomic E-state index is 0.145. The molecular formula is C16H18FN3O3S2. The van der Waals surface area contributed by atoms with Gasteiger partial charge in [0.25, 0.3) is 0 Å². The second-order valence-electron chi connectivity index (χ2n) is 5.97. The molecule has 134 valence electrons. The molecule has 1 aliphatic rings. The number of piperidine rings is 1. The number of carbonyl (C=O) groups excluding carboxylic acids is 1. The molecule has 1 aromatic carbocycles. The van der Waals surface area contributed by atoms with Crippen LogP contribution in [0.4, 0.5) is 9.52 Å². The summed E-state index contributed by atoms with van der Waals surface area (Å²) in [5, 5.41) is 5.08. The molecular weight excluding hydrogens is 365 g/mol. The molecule has 1 amide bonds. The van der Waals surface area contributed by atoms with Gasteiger partial charge in [0.05, 0.1) is 11.9 Å². The highest BCUT2D eigenvalue weighted by atomic mass is 32.2. The van der Waals surface area contributed by atoms with Crippen molar-refractivity contribution in [3.05, 3.63) is 35.5 Å². The molecule has 25 heavy (non-hydrogen) atoms. The van der Waals surface area contributed by atoms with Crippen molar-refractivity contribution in [1.82, 2.24) is 9.29 Å². The van der Waals surface area contributed by atoms with Crippen molar-refractivity contribution < 1.29 is 17.6 Å². The van der Waals surface area contributed by atoms with Gasteiger partial charge >= 0.3 is 0 Å². The number of benzene rings is 1. The molecule has 0 atom stereocenters. The van der Waals surface area contributed by atoms with Crippen LogP contribution in [0.1, 0.15) is 12.8 Å². The maximum Gasteiger partial charge on any atom is 0.229 e. The minimum atomic E-state index is -3.20. The largest absolute Gasteiger partial charge is 0.302 e. The van der Waals surface area contributed by atoms with Gasteiger partial charge in [-0.2, -0.15) is 0 Å². The molecule has 0 bridgehead atoms. The Morgan fingerprint density at radius 3 is 2.52 bits per heavy atom. The van der Waals surface area contributed by atoms with E-state index in [-0.39, 0.29) is 17.6 Å². The predicted molar refractivity (Wildman–Crippen MR) is 95.3 cm³/mol. The lowest BCUT2D eigenvalue weighted by Crippen LogP contribution is -2.40. The Hall–Kier alpha value is -1.84. The van der Waals surface area contributed by atoms with Crippen LogP contribution in [0, 0.1) is 11.7 Å². The molecule has 0 aliphatic carbocycles. The number of rotatable bonds is 4. The minimum Gasteiger partial charge on any atom is -0.302 e. The predicted octanol–water partition coefficient (Wildman–Crippen LogP) is 2.56. The van der Waals surface area contributed by atoms with Crippen LogP contribution >= 0.6 is 11.3 Å². The summed E-state index contributed by atoms with van der Waals surface area (Å²) in [6, 6.07) is 6.00. The molecule has 1 aliphatic heterocycles. The Morgan fingerprint density at radius 2 is 1.92 bits per heavy atom. The highest BCUT2D eigenvalue weighted by Gasteiger charge is 2.29. The molecule has 1 saturated heterocycles. The quantitative estimate of drug-likeness (QED) is 0.880. The summed E-state index contributed by atoms with van der Waals surface area (Å²) in [5.74, 6) is -0.683. The van der Waals surface area contributed by atoms with Crippen molar-refractivity contribution in [2.45, 2.75) is 12.8 Å². The smallest absolute Gasteiger partial charge is 0.229 e. The molecule has 9 heteroatoms. The number of nitrogens with zero attached hydrogens (tertiary/aromatic N) is 2. The highest BCUT2D eigenvalue weighted by molar-refractivity contribution is 7.88. The van der Waals surface area contributed by atoms with Gasteiger partial charge in [0, 0.05) is 30.0 Å². The molecule has 3 rings (SSSR count). The van der Waals surface area contributed by atoms with E-state index in [0.29, 0.717) is 36.8 Å². The van der Waals surface area contributed by atoms with Crippen molar-refractivity contribution in [3.63, 3.8) is 0 Å². The van der Waals surface area contributed by atoms with Crippen LogP contribution in [-0.2, 0) is 14.8 Å². The summed E-state index contributed by atoms with van der Waals surface area (Å²) >= 11 is 1.30. The van der Waals surface area contributed by atoms with Gasteiger partial charge in [-0.3, -0.25) is 4.79 Å². The fourth-order valence-electron chi connectivity index (χ4n) is 2.74. The van der Waals surface area contributed by atoms with E-state index < -0.39 is 10.0 Å². The topological polar surface area (TPSA) is 79.4 Å². The second-order valence-corrected chi connectivity index (χ2v) is 8.81. The first-order chi connectivity index (χ1) is 11.8. The first kappa shape index (κ1) is 18.0. The fraction of sp³-hybridized carbons (Fsp3) is 0.375. The van der Waals surface area contributed by atoms with Gasteiger partial charge in [-0.25, -0.2) is 22.1 Å². The number of anilines is 1. The van der Waals surface area contributed by atoms with E-state index in [9.17, 15) is 17.6 Å². The fourth-order valence-corrected chi connectivity index (χ4v) is 4.34. The summed E-state index contributed by atoms with van der Waals surface area (Å²) in [7, 11) is -3.20. The van der Waals surface area contributed by atoms with Crippen LogP contribution in [-0.4, -0.2) is 43.0 Å². The summed E-state index contributed by atoms with van der Waals surface area (Å²) in [6.45, 7) is 0.714. The van der Waals surface area contributed by atoms with Crippen LogP contribution in [0.3, 0.4) is 0 Å². The van der Waals surface area contributed by atoms with Crippen LogP contribution < -0.4 is 5.32 Å². The van der Waals surface area contributed by atoms with Gasteiger partial charge in [-0.05, 0) is 37.1 Å². The van der Waals surface area contributed by atoms with E-state index in [0.717, 1.165) is 5.56 Å². The second kappa shape index (κ2) is 7.19. The molecule has 6 nitrogen and oxygen atoms in total. The van der Waals surface area contributed by atoms with E-state index in [1.165, 1.54) is 34.0 Å². The molecule has 1 N–H and O–H groups in total. The van der Waals surface area contributed by atoms with E-state index >= 15 is 0 Å². The van der Waals surface area contributed by atoms with Crippen LogP contribution in [0.5, 0.6) is 0 Å². The zero-order valence-electron chi connectivity index (χ0n) is 13.6. The third kappa shape index (κ3) is 4.42. The monoisotopic (exact) mass is 383 g/mol. The normalized spacial score (nSPS) is 16.7. The third-order valence-electron chi connectivity index (χ3n) is 4.17. The average Bonchev–Trinajstić information content (AvgIpc) is 3.03. The van der Waals surface area contributed by atoms with Gasteiger partial charge in [0.2, 0.25) is 15.9 Å². The van der Waals surface area contributed by atoms with E-state index in [1.54, 1.807) is 17.5 Å². The molecule has 2 aromatic rings. The molecule has 2 heterocycles. The molecule has 0 spiro atoms. The zero-order valence-corrected chi connectivity index (χ0v) is 15.2. The molecule has 1 aromatic heterocycles. The van der Waals surface area contributed by atoms with Crippen molar-refractivity contribution in [2.24, 2.45) is 5.92 Å². The van der Waals surface area contributed by atoms with E-state index in [1.807, 2.05) is 0 Å². The maximum atomic E-state index is 13.0. The molecule has 0 saturated carbocycles. The lowest BCUT2D eigenvalue weighted by atomic mass is 9.97. The number of thiazole rings is 1. The third-order valence-corrected chi connectivity index (χ3v) is 6.23. The standard InChI is InChI=1S/C16H18FN3O3S2/c1-25(22,23)20-8-6-12(7-9-20)15(21)19-16-18-14(10-24-16)11-2-4-13(17)5-3-11/h2-5,10,12H,6-9H2,1H3,(H,18,19,21). The Labute approximate surface area is 149 Å². The van der Waals surface area contributed by atoms with Crippen molar-refractivity contribution in [3.8, 4) is 11.3 Å². The highest BCUT2D eigenvalue weighted by Crippen LogP contribution is 2.26. The average molecular weight is 383 g/mol. The molecule has 1 fully saturated rings. The summed E-state index contributed by atoms with van der Waals surface area (Å²) in [4.78, 5) is 16.7. The number of hydrogen-bond donors (Lipinski definition) is 1. The van der Waals surface area contributed by atoms with Crippen LogP contribution in [0.2, 0.25) is 0 Å². The molecule has 0 radical (unpaired) electrons. The van der Waals surface area contributed by atoms with Crippen LogP contribution in [0.25, 0.3) is 11.3 Å².